The first-order chi connectivity index (χ1) is 13.6. The summed E-state index contributed by atoms with van der Waals surface area (Å²) in [5, 5.41) is 0. The number of hydrogen-bond acceptors (Lipinski definition) is 6. The lowest BCUT2D eigenvalue weighted by molar-refractivity contribution is -0.156. The molecule has 0 N–H and O–H groups in total. The molecule has 3 aliphatic rings. The Morgan fingerprint density at radius 3 is 2.32 bits per heavy atom. The van der Waals surface area contributed by atoms with Crippen LogP contribution in [0.15, 0.2) is 0 Å². The molecular formula is C22H36O6. The van der Waals surface area contributed by atoms with Crippen LogP contribution in [0.1, 0.15) is 57.8 Å². The maximum Gasteiger partial charge on any atom is 0.308 e. The summed E-state index contributed by atoms with van der Waals surface area (Å²) in [4.78, 5) is 24.2. The van der Waals surface area contributed by atoms with E-state index in [0.29, 0.717) is 37.1 Å². The lowest BCUT2D eigenvalue weighted by atomic mass is 9.52. The summed E-state index contributed by atoms with van der Waals surface area (Å²) in [7, 11) is 4.58. The van der Waals surface area contributed by atoms with E-state index in [0.717, 1.165) is 44.4 Å². The molecule has 0 aromatic rings. The number of carbonyl (C=O) groups is 2. The zero-order chi connectivity index (χ0) is 20.1. The quantitative estimate of drug-likeness (QED) is 0.484. The second kappa shape index (κ2) is 10.1. The number of methoxy groups -OCH3 is 3. The average Bonchev–Trinajstić information content (AvgIpc) is 2.74. The van der Waals surface area contributed by atoms with Crippen molar-refractivity contribution < 1.29 is 28.5 Å². The molecule has 3 aliphatic carbocycles. The molecule has 0 aliphatic heterocycles. The number of ether oxygens (including phenoxy) is 4. The summed E-state index contributed by atoms with van der Waals surface area (Å²) in [5.74, 6) is 2.48. The monoisotopic (exact) mass is 396 g/mol. The first kappa shape index (κ1) is 21.6. The van der Waals surface area contributed by atoms with Crippen molar-refractivity contribution in [2.75, 3.05) is 28.1 Å². The minimum atomic E-state index is -0.185. The fourth-order valence-corrected chi connectivity index (χ4v) is 6.48. The van der Waals surface area contributed by atoms with E-state index >= 15 is 0 Å². The van der Waals surface area contributed by atoms with Gasteiger partial charge in [0.2, 0.25) is 0 Å². The van der Waals surface area contributed by atoms with Gasteiger partial charge in [0.05, 0.1) is 26.2 Å². The molecule has 6 nitrogen and oxygen atoms in total. The molecule has 0 aromatic carbocycles. The van der Waals surface area contributed by atoms with Crippen LogP contribution in [0.25, 0.3) is 0 Å². The summed E-state index contributed by atoms with van der Waals surface area (Å²) in [5.41, 5.74) is 0. The molecule has 6 heteroatoms. The van der Waals surface area contributed by atoms with Crippen molar-refractivity contribution >= 4 is 11.9 Å². The summed E-state index contributed by atoms with van der Waals surface area (Å²) >= 11 is 0. The standard InChI is InChI=1S/C22H36O6/c1-25-13-28-15-5-7-16-14(12-15)4-6-18-17(16)8-9-20(22(24)27-3)19(18)10-11-21(23)26-2/h14-20H,4-13H2,1-3H3/t14-,15+,16+,17-,18-,19+,20+/m1/s1. The van der Waals surface area contributed by atoms with Crippen molar-refractivity contribution in [1.29, 1.82) is 0 Å². The molecule has 160 valence electrons. The molecule has 3 rings (SSSR count). The van der Waals surface area contributed by atoms with E-state index in [2.05, 4.69) is 0 Å². The van der Waals surface area contributed by atoms with E-state index in [1.54, 1.807) is 7.11 Å². The smallest absolute Gasteiger partial charge is 0.308 e. The van der Waals surface area contributed by atoms with E-state index in [1.165, 1.54) is 27.1 Å². The van der Waals surface area contributed by atoms with Gasteiger partial charge in [0.15, 0.2) is 0 Å². The molecule has 28 heavy (non-hydrogen) atoms. The van der Waals surface area contributed by atoms with Crippen molar-refractivity contribution in [3.63, 3.8) is 0 Å². The van der Waals surface area contributed by atoms with E-state index in [4.69, 9.17) is 18.9 Å². The highest BCUT2D eigenvalue weighted by Gasteiger charge is 2.50. The van der Waals surface area contributed by atoms with E-state index in [-0.39, 0.29) is 23.8 Å². The van der Waals surface area contributed by atoms with Gasteiger partial charge in [-0.2, -0.15) is 0 Å². The molecule has 0 saturated heterocycles. The molecule has 0 radical (unpaired) electrons. The van der Waals surface area contributed by atoms with Gasteiger partial charge in [-0.05, 0) is 81.0 Å². The molecule has 0 bridgehead atoms. The van der Waals surface area contributed by atoms with Crippen LogP contribution in [0.3, 0.4) is 0 Å². The van der Waals surface area contributed by atoms with Gasteiger partial charge in [-0.3, -0.25) is 9.59 Å². The number of fused-ring (bicyclic) bond motifs is 3. The van der Waals surface area contributed by atoms with Crippen molar-refractivity contribution in [1.82, 2.24) is 0 Å². The second-order valence-corrected chi connectivity index (χ2v) is 8.82. The molecule has 0 unspecified atom stereocenters. The molecule has 0 aromatic heterocycles. The highest BCUT2D eigenvalue weighted by molar-refractivity contribution is 5.73. The molecule has 0 amide bonds. The number of hydrogen-bond donors (Lipinski definition) is 0. The van der Waals surface area contributed by atoms with Gasteiger partial charge < -0.3 is 18.9 Å². The Labute approximate surface area is 168 Å². The topological polar surface area (TPSA) is 71.1 Å². The molecule has 7 atom stereocenters. The van der Waals surface area contributed by atoms with Crippen molar-refractivity contribution in [2.24, 2.45) is 35.5 Å². The maximum atomic E-state index is 12.4. The van der Waals surface area contributed by atoms with Crippen molar-refractivity contribution in [3.05, 3.63) is 0 Å². The lowest BCUT2D eigenvalue weighted by Crippen LogP contribution is -2.48. The zero-order valence-corrected chi connectivity index (χ0v) is 17.6. The maximum absolute atomic E-state index is 12.4. The Bertz CT molecular complexity index is 535. The largest absolute Gasteiger partial charge is 0.469 e. The van der Waals surface area contributed by atoms with Gasteiger partial charge in [0.25, 0.3) is 0 Å². The summed E-state index contributed by atoms with van der Waals surface area (Å²) in [6.45, 7) is 0.379. The van der Waals surface area contributed by atoms with Crippen LogP contribution in [0.5, 0.6) is 0 Å². The fourth-order valence-electron chi connectivity index (χ4n) is 6.48. The third-order valence-electron chi connectivity index (χ3n) is 7.68. The number of rotatable bonds is 7. The summed E-state index contributed by atoms with van der Waals surface area (Å²) in [6.07, 6.45) is 9.18. The van der Waals surface area contributed by atoms with Gasteiger partial charge >= 0.3 is 11.9 Å². The first-order valence-corrected chi connectivity index (χ1v) is 10.8. The van der Waals surface area contributed by atoms with Crippen molar-refractivity contribution in [3.8, 4) is 0 Å². The zero-order valence-electron chi connectivity index (χ0n) is 17.6. The SMILES string of the molecule is COCO[C@H]1CC[C@H]2[C@H](CC[C@@H]3[C@@H]2CC[C@H](C(=O)OC)[C@H]3CCC(=O)OC)C1. The molecule has 0 heterocycles. The average molecular weight is 397 g/mol. The van der Waals surface area contributed by atoms with Gasteiger partial charge in [-0.15, -0.1) is 0 Å². The van der Waals surface area contributed by atoms with Crippen molar-refractivity contribution in [2.45, 2.75) is 63.9 Å². The highest BCUT2D eigenvalue weighted by Crippen LogP contribution is 2.55. The summed E-state index contributed by atoms with van der Waals surface area (Å²) < 4.78 is 20.9. The Hall–Kier alpha value is -1.14. The Morgan fingerprint density at radius 2 is 1.61 bits per heavy atom. The van der Waals surface area contributed by atoms with Crippen LogP contribution >= 0.6 is 0 Å². The van der Waals surface area contributed by atoms with Gasteiger partial charge in [0, 0.05) is 13.5 Å². The Morgan fingerprint density at radius 1 is 0.857 bits per heavy atom. The first-order valence-electron chi connectivity index (χ1n) is 10.8. The number of esters is 2. The third kappa shape index (κ3) is 4.70. The predicted octanol–water partition coefficient (Wildman–Crippen LogP) is 3.57. The predicted molar refractivity (Wildman–Crippen MR) is 103 cm³/mol. The van der Waals surface area contributed by atoms with E-state index < -0.39 is 0 Å². The molecule has 0 spiro atoms. The minimum absolute atomic E-state index is 0.0752. The van der Waals surface area contributed by atoms with Crippen LogP contribution in [-0.2, 0) is 28.5 Å². The lowest BCUT2D eigenvalue weighted by Gasteiger charge is -2.53. The van der Waals surface area contributed by atoms with Crippen LogP contribution in [0, 0.1) is 35.5 Å². The van der Waals surface area contributed by atoms with Crippen LogP contribution in [0.4, 0.5) is 0 Å². The highest BCUT2D eigenvalue weighted by atomic mass is 16.7. The molecular weight excluding hydrogens is 360 g/mol. The normalized spacial score (nSPS) is 37.5. The van der Waals surface area contributed by atoms with Gasteiger partial charge in [-0.25, -0.2) is 0 Å². The molecule has 3 fully saturated rings. The van der Waals surface area contributed by atoms with Gasteiger partial charge in [-0.1, -0.05) is 0 Å². The van der Waals surface area contributed by atoms with E-state index in [1.807, 2.05) is 0 Å². The third-order valence-corrected chi connectivity index (χ3v) is 7.68. The van der Waals surface area contributed by atoms with Gasteiger partial charge in [0.1, 0.15) is 6.79 Å². The molecule has 3 saturated carbocycles. The Kier molecular flexibility index (Phi) is 7.75. The number of carbonyl (C=O) groups excluding carboxylic acids is 2. The van der Waals surface area contributed by atoms with E-state index in [9.17, 15) is 9.59 Å². The van der Waals surface area contributed by atoms with Crippen LogP contribution < -0.4 is 0 Å². The second-order valence-electron chi connectivity index (χ2n) is 8.82. The van der Waals surface area contributed by atoms with Crippen LogP contribution in [-0.4, -0.2) is 46.2 Å². The minimum Gasteiger partial charge on any atom is -0.469 e. The van der Waals surface area contributed by atoms with Crippen LogP contribution in [0.2, 0.25) is 0 Å². The summed E-state index contributed by atoms with van der Waals surface area (Å²) in [6, 6.07) is 0. The Balaban J connectivity index is 1.68. The fraction of sp³-hybridized carbons (Fsp3) is 0.909.